The fourth-order valence-electron chi connectivity index (χ4n) is 1.76. The maximum Gasteiger partial charge on any atom is 0.331 e. The molecule has 110 valence electrons. The van der Waals surface area contributed by atoms with E-state index >= 15 is 0 Å². The third-order valence-electron chi connectivity index (χ3n) is 2.76. The fourth-order valence-corrected chi connectivity index (χ4v) is 2.48. The van der Waals surface area contributed by atoms with Gasteiger partial charge in [0.15, 0.2) is 6.04 Å². The van der Waals surface area contributed by atoms with E-state index in [4.69, 9.17) is 0 Å². The summed E-state index contributed by atoms with van der Waals surface area (Å²) in [6.45, 7) is 0. The van der Waals surface area contributed by atoms with Crippen molar-refractivity contribution < 1.29 is 19.1 Å². The SMILES string of the molecule is Cn1cc(C(NC(=O)c2ccc(F)cc2I)C(=O)O)cn1. The summed E-state index contributed by atoms with van der Waals surface area (Å²) in [4.78, 5) is 23.4. The van der Waals surface area contributed by atoms with Crippen molar-refractivity contribution in [1.82, 2.24) is 15.1 Å². The Labute approximate surface area is 133 Å². The van der Waals surface area contributed by atoms with Crippen LogP contribution in [0, 0.1) is 9.39 Å². The van der Waals surface area contributed by atoms with Crippen molar-refractivity contribution in [3.8, 4) is 0 Å². The van der Waals surface area contributed by atoms with Crippen LogP contribution in [-0.2, 0) is 11.8 Å². The van der Waals surface area contributed by atoms with Gasteiger partial charge in [-0.15, -0.1) is 0 Å². The zero-order valence-electron chi connectivity index (χ0n) is 10.9. The molecule has 21 heavy (non-hydrogen) atoms. The Morgan fingerprint density at radius 3 is 2.71 bits per heavy atom. The van der Waals surface area contributed by atoms with Crippen LogP contribution >= 0.6 is 22.6 Å². The van der Waals surface area contributed by atoms with Crippen molar-refractivity contribution in [1.29, 1.82) is 0 Å². The van der Waals surface area contributed by atoms with Crippen LogP contribution in [0.5, 0.6) is 0 Å². The van der Waals surface area contributed by atoms with Crippen molar-refractivity contribution in [3.05, 3.63) is 51.1 Å². The van der Waals surface area contributed by atoms with Gasteiger partial charge >= 0.3 is 5.97 Å². The molecule has 0 aliphatic rings. The molecule has 2 aromatic rings. The van der Waals surface area contributed by atoms with Crippen LogP contribution in [0.2, 0.25) is 0 Å². The average molecular weight is 403 g/mol. The molecule has 0 aliphatic heterocycles. The highest BCUT2D eigenvalue weighted by Crippen LogP contribution is 2.17. The number of halogens is 2. The minimum atomic E-state index is -1.22. The largest absolute Gasteiger partial charge is 0.479 e. The summed E-state index contributed by atoms with van der Waals surface area (Å²) in [5.74, 6) is -2.25. The van der Waals surface area contributed by atoms with E-state index in [2.05, 4.69) is 10.4 Å². The number of benzene rings is 1. The molecule has 0 saturated heterocycles. The van der Waals surface area contributed by atoms with E-state index in [-0.39, 0.29) is 5.56 Å². The molecule has 0 aliphatic carbocycles. The predicted octanol–water partition coefficient (Wildman–Crippen LogP) is 1.72. The Balaban J connectivity index is 2.25. The first-order valence-electron chi connectivity index (χ1n) is 5.85. The summed E-state index contributed by atoms with van der Waals surface area (Å²) < 4.78 is 14.9. The van der Waals surface area contributed by atoms with Crippen LogP contribution in [0.15, 0.2) is 30.6 Å². The van der Waals surface area contributed by atoms with Gasteiger partial charge in [0.25, 0.3) is 5.91 Å². The topological polar surface area (TPSA) is 84.2 Å². The van der Waals surface area contributed by atoms with Crippen LogP contribution in [0.1, 0.15) is 22.0 Å². The van der Waals surface area contributed by atoms with Crippen molar-refractivity contribution in [3.63, 3.8) is 0 Å². The lowest BCUT2D eigenvalue weighted by molar-refractivity contribution is -0.139. The molecular formula is C13H11FIN3O3. The highest BCUT2D eigenvalue weighted by Gasteiger charge is 2.24. The lowest BCUT2D eigenvalue weighted by atomic mass is 10.1. The molecule has 2 rings (SSSR count). The molecule has 1 aromatic heterocycles. The maximum absolute atomic E-state index is 13.0. The second kappa shape index (κ2) is 6.20. The lowest BCUT2D eigenvalue weighted by Gasteiger charge is -2.13. The van der Waals surface area contributed by atoms with E-state index < -0.39 is 23.7 Å². The van der Waals surface area contributed by atoms with Gasteiger partial charge in [-0.1, -0.05) is 0 Å². The number of carboxylic acid groups (broad SMARTS) is 1. The standard InChI is InChI=1S/C13H11FIN3O3/c1-18-6-7(5-16-18)11(13(20)21)17-12(19)9-3-2-8(14)4-10(9)15/h2-6,11H,1H3,(H,17,19)(H,20,21). The summed E-state index contributed by atoms with van der Waals surface area (Å²) in [7, 11) is 1.65. The summed E-state index contributed by atoms with van der Waals surface area (Å²) in [5.41, 5.74) is 0.572. The smallest absolute Gasteiger partial charge is 0.331 e. The van der Waals surface area contributed by atoms with E-state index in [9.17, 15) is 19.1 Å². The molecular weight excluding hydrogens is 392 g/mol. The molecule has 1 heterocycles. The monoisotopic (exact) mass is 403 g/mol. The molecule has 2 N–H and O–H groups in total. The summed E-state index contributed by atoms with van der Waals surface area (Å²) in [6, 6.07) is 2.45. The van der Waals surface area contributed by atoms with Crippen molar-refractivity contribution in [2.24, 2.45) is 7.05 Å². The number of nitrogens with zero attached hydrogens (tertiary/aromatic N) is 2. The molecule has 1 amide bonds. The average Bonchev–Trinajstić information content (AvgIpc) is 2.81. The van der Waals surface area contributed by atoms with Crippen molar-refractivity contribution in [2.45, 2.75) is 6.04 Å². The Morgan fingerprint density at radius 2 is 2.19 bits per heavy atom. The number of carboxylic acids is 1. The summed E-state index contributed by atoms with van der Waals surface area (Å²) >= 11 is 1.82. The molecule has 1 atom stereocenters. The zero-order chi connectivity index (χ0) is 15.6. The highest BCUT2D eigenvalue weighted by atomic mass is 127. The van der Waals surface area contributed by atoms with Gasteiger partial charge in [0, 0.05) is 22.4 Å². The lowest BCUT2D eigenvalue weighted by Crippen LogP contribution is -2.34. The van der Waals surface area contributed by atoms with Crippen molar-refractivity contribution >= 4 is 34.5 Å². The van der Waals surface area contributed by atoms with Gasteiger partial charge in [-0.25, -0.2) is 9.18 Å². The Morgan fingerprint density at radius 1 is 1.48 bits per heavy atom. The molecule has 1 aromatic carbocycles. The summed E-state index contributed by atoms with van der Waals surface area (Å²) in [6.07, 6.45) is 2.88. The van der Waals surface area contributed by atoms with Gasteiger partial charge in [-0.05, 0) is 40.8 Å². The van der Waals surface area contributed by atoms with E-state index in [1.165, 1.54) is 29.2 Å². The number of aliphatic carboxylic acids is 1. The quantitative estimate of drug-likeness (QED) is 0.762. The van der Waals surface area contributed by atoms with Crippen LogP contribution in [-0.4, -0.2) is 26.8 Å². The van der Waals surface area contributed by atoms with Gasteiger partial charge in [0.2, 0.25) is 0 Å². The fraction of sp³-hybridized carbons (Fsp3) is 0.154. The van der Waals surface area contributed by atoms with E-state index in [1.807, 2.05) is 22.6 Å². The third-order valence-corrected chi connectivity index (χ3v) is 3.65. The Bertz CT molecular complexity index is 702. The predicted molar refractivity (Wildman–Crippen MR) is 80.2 cm³/mol. The Kier molecular flexibility index (Phi) is 4.56. The van der Waals surface area contributed by atoms with Crippen LogP contribution in [0.25, 0.3) is 0 Å². The molecule has 0 fully saturated rings. The molecule has 0 bridgehead atoms. The van der Waals surface area contributed by atoms with Gasteiger partial charge in [-0.3, -0.25) is 9.48 Å². The van der Waals surface area contributed by atoms with Crippen LogP contribution < -0.4 is 5.32 Å². The first-order valence-corrected chi connectivity index (χ1v) is 6.93. The molecule has 0 radical (unpaired) electrons. The molecule has 0 saturated carbocycles. The number of hydrogen-bond donors (Lipinski definition) is 2. The molecule has 0 spiro atoms. The number of carbonyl (C=O) groups excluding carboxylic acids is 1. The second-order valence-electron chi connectivity index (χ2n) is 4.32. The number of hydrogen-bond acceptors (Lipinski definition) is 3. The van der Waals surface area contributed by atoms with E-state index in [0.29, 0.717) is 9.13 Å². The molecule has 1 unspecified atom stereocenters. The van der Waals surface area contributed by atoms with Gasteiger partial charge in [0.05, 0.1) is 11.8 Å². The number of nitrogens with one attached hydrogen (secondary N) is 1. The first-order chi connectivity index (χ1) is 9.88. The van der Waals surface area contributed by atoms with Gasteiger partial charge in [-0.2, -0.15) is 5.10 Å². The minimum Gasteiger partial charge on any atom is -0.479 e. The number of amides is 1. The highest BCUT2D eigenvalue weighted by molar-refractivity contribution is 14.1. The minimum absolute atomic E-state index is 0.215. The maximum atomic E-state index is 13.0. The Hall–Kier alpha value is -1.97. The summed E-state index contributed by atoms with van der Waals surface area (Å²) in [5, 5.41) is 15.5. The first kappa shape index (κ1) is 15.4. The third kappa shape index (κ3) is 3.57. The normalized spacial score (nSPS) is 12.0. The van der Waals surface area contributed by atoms with E-state index in [0.717, 1.165) is 6.07 Å². The van der Waals surface area contributed by atoms with Gasteiger partial charge < -0.3 is 10.4 Å². The zero-order valence-corrected chi connectivity index (χ0v) is 13.0. The number of aromatic nitrogens is 2. The van der Waals surface area contributed by atoms with Crippen LogP contribution in [0.3, 0.4) is 0 Å². The molecule has 8 heteroatoms. The van der Waals surface area contributed by atoms with E-state index in [1.54, 1.807) is 7.05 Å². The molecule has 6 nitrogen and oxygen atoms in total. The van der Waals surface area contributed by atoms with Gasteiger partial charge in [0.1, 0.15) is 5.82 Å². The van der Waals surface area contributed by atoms with Crippen molar-refractivity contribution in [2.75, 3.05) is 0 Å². The number of carbonyl (C=O) groups is 2. The number of aryl methyl sites for hydroxylation is 1. The number of rotatable bonds is 4. The van der Waals surface area contributed by atoms with Crippen LogP contribution in [0.4, 0.5) is 4.39 Å². The second-order valence-corrected chi connectivity index (χ2v) is 5.48.